The van der Waals surface area contributed by atoms with E-state index in [1.807, 2.05) is 22.8 Å². The molecule has 0 saturated carbocycles. The Morgan fingerprint density at radius 1 is 1.03 bits per heavy atom. The molecule has 7 heteroatoms. The van der Waals surface area contributed by atoms with E-state index in [2.05, 4.69) is 0 Å². The van der Waals surface area contributed by atoms with Crippen molar-refractivity contribution in [1.29, 1.82) is 0 Å². The zero-order valence-electron chi connectivity index (χ0n) is 16.0. The van der Waals surface area contributed by atoms with Crippen molar-refractivity contribution in [2.24, 2.45) is 5.92 Å². The Hall–Kier alpha value is -1.95. The van der Waals surface area contributed by atoms with Crippen LogP contribution in [0, 0.1) is 5.92 Å². The standard InChI is InChI=1S/C23H20Cl2F3NO/c24-19-8-7-16(10-20(19)25)21-11-15-4-2-5-17(23(26,27)28)12-22(15)29(21)18-6-1-3-14(9-18)13-30/h1,3,6-11,17,30H,2,4-5,12-13H2. The van der Waals surface area contributed by atoms with Crippen LogP contribution in [-0.2, 0) is 19.4 Å². The van der Waals surface area contributed by atoms with Crippen LogP contribution in [0.5, 0.6) is 0 Å². The number of alkyl halides is 3. The molecular weight excluding hydrogens is 434 g/mol. The van der Waals surface area contributed by atoms with Gasteiger partial charge in [0, 0.05) is 16.9 Å². The van der Waals surface area contributed by atoms with Gasteiger partial charge in [0.15, 0.2) is 0 Å². The number of nitrogens with zero attached hydrogens (tertiary/aromatic N) is 1. The van der Waals surface area contributed by atoms with Crippen LogP contribution in [0.4, 0.5) is 13.2 Å². The fourth-order valence-corrected chi connectivity index (χ4v) is 4.45. The highest BCUT2D eigenvalue weighted by Crippen LogP contribution is 2.40. The van der Waals surface area contributed by atoms with E-state index in [1.54, 1.807) is 30.3 Å². The van der Waals surface area contributed by atoms with Gasteiger partial charge in [-0.1, -0.05) is 41.4 Å². The molecule has 0 radical (unpaired) electrons. The van der Waals surface area contributed by atoms with Gasteiger partial charge in [0.05, 0.1) is 28.3 Å². The molecule has 4 rings (SSSR count). The normalized spacial score (nSPS) is 16.9. The zero-order valence-corrected chi connectivity index (χ0v) is 17.5. The van der Waals surface area contributed by atoms with Crippen molar-refractivity contribution >= 4 is 23.2 Å². The number of rotatable bonds is 3. The molecule has 0 amide bonds. The number of hydrogen-bond acceptors (Lipinski definition) is 1. The zero-order chi connectivity index (χ0) is 21.5. The second-order valence-corrected chi connectivity index (χ2v) is 8.44. The Balaban J connectivity index is 1.94. The van der Waals surface area contributed by atoms with Gasteiger partial charge in [-0.3, -0.25) is 0 Å². The Morgan fingerprint density at radius 3 is 2.53 bits per heavy atom. The summed E-state index contributed by atoms with van der Waals surface area (Å²) in [6.45, 7) is -0.148. The first-order valence-electron chi connectivity index (χ1n) is 9.73. The summed E-state index contributed by atoms with van der Waals surface area (Å²) in [6.07, 6.45) is -3.13. The van der Waals surface area contributed by atoms with E-state index >= 15 is 0 Å². The van der Waals surface area contributed by atoms with Crippen molar-refractivity contribution in [3.05, 3.63) is 75.4 Å². The molecule has 0 aliphatic heterocycles. The number of aliphatic hydroxyl groups excluding tert-OH is 1. The number of hydrogen-bond donors (Lipinski definition) is 1. The van der Waals surface area contributed by atoms with E-state index in [4.69, 9.17) is 23.2 Å². The largest absolute Gasteiger partial charge is 0.392 e. The van der Waals surface area contributed by atoms with Gasteiger partial charge in [-0.15, -0.1) is 0 Å². The molecule has 0 bridgehead atoms. The Bertz CT molecular complexity index is 1070. The molecule has 1 heterocycles. The highest BCUT2D eigenvalue weighted by atomic mass is 35.5. The minimum atomic E-state index is -4.24. The number of fused-ring (bicyclic) bond motifs is 1. The van der Waals surface area contributed by atoms with Crippen LogP contribution < -0.4 is 0 Å². The minimum Gasteiger partial charge on any atom is -0.392 e. The van der Waals surface area contributed by atoms with Crippen LogP contribution in [0.1, 0.15) is 29.7 Å². The van der Waals surface area contributed by atoms with Crippen LogP contribution in [0.3, 0.4) is 0 Å². The molecule has 1 unspecified atom stereocenters. The smallest absolute Gasteiger partial charge is 0.392 e. The summed E-state index contributed by atoms with van der Waals surface area (Å²) in [6, 6.07) is 14.4. The number of aliphatic hydroxyl groups is 1. The van der Waals surface area contributed by atoms with Gasteiger partial charge in [0.1, 0.15) is 0 Å². The van der Waals surface area contributed by atoms with Gasteiger partial charge < -0.3 is 9.67 Å². The maximum Gasteiger partial charge on any atom is 0.392 e. The average Bonchev–Trinajstić information content (AvgIpc) is 2.93. The predicted octanol–water partition coefficient (Wildman–Crippen LogP) is 7.00. The lowest BCUT2D eigenvalue weighted by Gasteiger charge is -2.21. The highest BCUT2D eigenvalue weighted by Gasteiger charge is 2.41. The molecule has 1 aliphatic carbocycles. The molecule has 2 nitrogen and oxygen atoms in total. The lowest BCUT2D eigenvalue weighted by atomic mass is 9.99. The Kier molecular flexibility index (Phi) is 5.88. The fraction of sp³-hybridized carbons (Fsp3) is 0.304. The third-order valence-electron chi connectivity index (χ3n) is 5.66. The molecule has 0 saturated heterocycles. The molecule has 30 heavy (non-hydrogen) atoms. The van der Waals surface area contributed by atoms with Gasteiger partial charge in [0.25, 0.3) is 0 Å². The van der Waals surface area contributed by atoms with Crippen molar-refractivity contribution in [3.8, 4) is 16.9 Å². The van der Waals surface area contributed by atoms with E-state index in [9.17, 15) is 18.3 Å². The third kappa shape index (κ3) is 4.11. The second-order valence-electron chi connectivity index (χ2n) is 7.63. The summed E-state index contributed by atoms with van der Waals surface area (Å²) in [4.78, 5) is 0. The maximum atomic E-state index is 13.6. The number of benzene rings is 2. The molecule has 158 valence electrons. The van der Waals surface area contributed by atoms with Crippen molar-refractivity contribution in [2.45, 2.75) is 38.5 Å². The van der Waals surface area contributed by atoms with E-state index in [0.29, 0.717) is 39.8 Å². The highest BCUT2D eigenvalue weighted by molar-refractivity contribution is 6.42. The van der Waals surface area contributed by atoms with Crippen molar-refractivity contribution in [1.82, 2.24) is 4.57 Å². The minimum absolute atomic E-state index is 0.0799. The molecule has 0 fully saturated rings. The topological polar surface area (TPSA) is 25.2 Å². The molecular formula is C23H20Cl2F3NO. The molecule has 1 atom stereocenters. The summed E-state index contributed by atoms with van der Waals surface area (Å²) in [5.41, 5.74) is 4.51. The summed E-state index contributed by atoms with van der Waals surface area (Å²) in [7, 11) is 0. The molecule has 0 spiro atoms. The van der Waals surface area contributed by atoms with E-state index in [1.165, 1.54) is 0 Å². The first kappa shape index (κ1) is 21.3. The van der Waals surface area contributed by atoms with Crippen LogP contribution in [0.25, 0.3) is 16.9 Å². The number of halogens is 5. The van der Waals surface area contributed by atoms with E-state index < -0.39 is 12.1 Å². The van der Waals surface area contributed by atoms with Gasteiger partial charge in [-0.05, 0) is 67.1 Å². The van der Waals surface area contributed by atoms with Crippen LogP contribution >= 0.6 is 23.2 Å². The molecule has 1 N–H and O–H groups in total. The monoisotopic (exact) mass is 453 g/mol. The predicted molar refractivity (Wildman–Crippen MR) is 113 cm³/mol. The van der Waals surface area contributed by atoms with E-state index in [0.717, 1.165) is 16.8 Å². The summed E-state index contributed by atoms with van der Waals surface area (Å²) in [5.74, 6) is -1.38. The summed E-state index contributed by atoms with van der Waals surface area (Å²) >= 11 is 12.3. The summed E-state index contributed by atoms with van der Waals surface area (Å²) < 4.78 is 42.7. The van der Waals surface area contributed by atoms with E-state index in [-0.39, 0.29) is 19.4 Å². The van der Waals surface area contributed by atoms with Gasteiger partial charge in [-0.25, -0.2) is 0 Å². The molecule has 1 aromatic heterocycles. The fourth-order valence-electron chi connectivity index (χ4n) is 4.15. The van der Waals surface area contributed by atoms with Crippen molar-refractivity contribution in [2.75, 3.05) is 0 Å². The van der Waals surface area contributed by atoms with Gasteiger partial charge in [-0.2, -0.15) is 13.2 Å². The second kappa shape index (κ2) is 8.29. The molecule has 1 aliphatic rings. The van der Waals surface area contributed by atoms with Crippen LogP contribution in [0.15, 0.2) is 48.5 Å². The van der Waals surface area contributed by atoms with Crippen LogP contribution in [0.2, 0.25) is 10.0 Å². The van der Waals surface area contributed by atoms with Gasteiger partial charge >= 0.3 is 6.18 Å². The SMILES string of the molecule is OCc1cccc(-n2c(-c3ccc(Cl)c(Cl)c3)cc3c2CC(C(F)(F)F)CCC3)c1. The summed E-state index contributed by atoms with van der Waals surface area (Å²) in [5, 5.41) is 10.4. The lowest BCUT2D eigenvalue weighted by Crippen LogP contribution is -2.25. The average molecular weight is 454 g/mol. The lowest BCUT2D eigenvalue weighted by molar-refractivity contribution is -0.176. The Morgan fingerprint density at radius 2 is 1.83 bits per heavy atom. The first-order valence-corrected chi connectivity index (χ1v) is 10.5. The third-order valence-corrected chi connectivity index (χ3v) is 6.40. The first-order chi connectivity index (χ1) is 14.3. The van der Waals surface area contributed by atoms with Gasteiger partial charge in [0.2, 0.25) is 0 Å². The van der Waals surface area contributed by atoms with Crippen molar-refractivity contribution < 1.29 is 18.3 Å². The number of aromatic nitrogens is 1. The quantitative estimate of drug-likeness (QED) is 0.424. The van der Waals surface area contributed by atoms with Crippen molar-refractivity contribution in [3.63, 3.8) is 0 Å². The molecule has 2 aromatic carbocycles. The maximum absolute atomic E-state index is 13.6. The Labute approximate surface area is 182 Å². The van der Waals surface area contributed by atoms with Crippen LogP contribution in [-0.4, -0.2) is 15.8 Å². The molecule has 3 aromatic rings. The number of aryl methyl sites for hydroxylation is 1.